The van der Waals surface area contributed by atoms with Gasteiger partial charge in [0.1, 0.15) is 0 Å². The van der Waals surface area contributed by atoms with E-state index in [-0.39, 0.29) is 0 Å². The zero-order valence-corrected chi connectivity index (χ0v) is 6.48. The molecule has 0 N–H and O–H groups in total. The standard InChI is InChI=1S/C9H16/c1-3-4-5-6-9(2)7-8-9/h4-5H,3,6-8H2,1-2H3. The summed E-state index contributed by atoms with van der Waals surface area (Å²) in [5, 5.41) is 0. The lowest BCUT2D eigenvalue weighted by Gasteiger charge is -1.99. The number of hydrogen-bond acceptors (Lipinski definition) is 0. The van der Waals surface area contributed by atoms with Gasteiger partial charge in [-0.1, -0.05) is 26.0 Å². The van der Waals surface area contributed by atoms with E-state index >= 15 is 0 Å². The number of rotatable bonds is 3. The normalized spacial score (nSPS) is 22.9. The Morgan fingerprint density at radius 3 is 2.44 bits per heavy atom. The van der Waals surface area contributed by atoms with E-state index in [0.29, 0.717) is 5.41 Å². The minimum atomic E-state index is 0.714. The summed E-state index contributed by atoms with van der Waals surface area (Å²) in [4.78, 5) is 0. The highest BCUT2D eigenvalue weighted by Crippen LogP contribution is 2.48. The van der Waals surface area contributed by atoms with Gasteiger partial charge in [-0.3, -0.25) is 0 Å². The first-order valence-corrected chi connectivity index (χ1v) is 3.92. The van der Waals surface area contributed by atoms with Gasteiger partial charge in [-0.15, -0.1) is 0 Å². The summed E-state index contributed by atoms with van der Waals surface area (Å²) in [7, 11) is 0. The first-order chi connectivity index (χ1) is 4.27. The molecule has 1 saturated carbocycles. The molecule has 0 bridgehead atoms. The summed E-state index contributed by atoms with van der Waals surface area (Å²) < 4.78 is 0. The zero-order chi connectivity index (χ0) is 6.74. The molecule has 0 radical (unpaired) electrons. The molecule has 1 fully saturated rings. The second-order valence-corrected chi connectivity index (χ2v) is 3.39. The summed E-state index contributed by atoms with van der Waals surface area (Å²) in [6.07, 6.45) is 9.98. The lowest BCUT2D eigenvalue weighted by Crippen LogP contribution is -1.87. The molecule has 0 spiro atoms. The van der Waals surface area contributed by atoms with Crippen LogP contribution in [0, 0.1) is 5.41 Å². The van der Waals surface area contributed by atoms with Crippen molar-refractivity contribution in [1.82, 2.24) is 0 Å². The summed E-state index contributed by atoms with van der Waals surface area (Å²) >= 11 is 0. The van der Waals surface area contributed by atoms with Crippen LogP contribution >= 0.6 is 0 Å². The monoisotopic (exact) mass is 124 g/mol. The fraction of sp³-hybridized carbons (Fsp3) is 0.778. The summed E-state index contributed by atoms with van der Waals surface area (Å²) in [6, 6.07) is 0. The van der Waals surface area contributed by atoms with Crippen molar-refractivity contribution >= 4 is 0 Å². The quantitative estimate of drug-likeness (QED) is 0.507. The molecule has 1 rings (SSSR count). The van der Waals surface area contributed by atoms with Crippen molar-refractivity contribution < 1.29 is 0 Å². The van der Waals surface area contributed by atoms with Crippen LogP contribution < -0.4 is 0 Å². The Bertz CT molecular complexity index is 107. The average Bonchev–Trinajstić information content (AvgIpc) is 2.50. The Balaban J connectivity index is 2.11. The molecule has 0 heterocycles. The van der Waals surface area contributed by atoms with E-state index in [0.717, 1.165) is 0 Å². The van der Waals surface area contributed by atoms with Gasteiger partial charge in [0.25, 0.3) is 0 Å². The Morgan fingerprint density at radius 2 is 2.00 bits per heavy atom. The van der Waals surface area contributed by atoms with Crippen LogP contribution in [0.1, 0.15) is 39.5 Å². The smallest absolute Gasteiger partial charge is 0.0291 e. The van der Waals surface area contributed by atoms with E-state index in [4.69, 9.17) is 0 Å². The lowest BCUT2D eigenvalue weighted by molar-refractivity contribution is 0.584. The first-order valence-electron chi connectivity index (χ1n) is 3.92. The minimum absolute atomic E-state index is 0.714. The molecule has 1 aliphatic carbocycles. The van der Waals surface area contributed by atoms with Gasteiger partial charge in [-0.05, 0) is 31.1 Å². The van der Waals surface area contributed by atoms with Gasteiger partial charge >= 0.3 is 0 Å². The molecule has 0 aliphatic heterocycles. The predicted octanol–water partition coefficient (Wildman–Crippen LogP) is 3.14. The van der Waals surface area contributed by atoms with Crippen LogP contribution in [0.25, 0.3) is 0 Å². The number of allylic oxidation sites excluding steroid dienone is 2. The van der Waals surface area contributed by atoms with Crippen molar-refractivity contribution in [3.05, 3.63) is 12.2 Å². The molecule has 1 aliphatic rings. The molecule has 0 aromatic rings. The maximum atomic E-state index is 2.37. The molecular formula is C9H16. The maximum Gasteiger partial charge on any atom is -0.0291 e. The van der Waals surface area contributed by atoms with Crippen LogP contribution in [0.4, 0.5) is 0 Å². The molecule has 0 amide bonds. The minimum Gasteiger partial charge on any atom is -0.0888 e. The van der Waals surface area contributed by atoms with Crippen molar-refractivity contribution in [3.63, 3.8) is 0 Å². The summed E-state index contributed by atoms with van der Waals surface area (Å²) in [5.41, 5.74) is 0.714. The molecular weight excluding hydrogens is 108 g/mol. The fourth-order valence-electron chi connectivity index (χ4n) is 0.952. The second kappa shape index (κ2) is 2.55. The van der Waals surface area contributed by atoms with Crippen LogP contribution in [-0.2, 0) is 0 Å². The van der Waals surface area contributed by atoms with Gasteiger partial charge in [0.15, 0.2) is 0 Å². The van der Waals surface area contributed by atoms with Crippen molar-refractivity contribution in [1.29, 1.82) is 0 Å². The third-order valence-electron chi connectivity index (χ3n) is 2.12. The van der Waals surface area contributed by atoms with Crippen molar-refractivity contribution in [2.24, 2.45) is 5.41 Å². The average molecular weight is 124 g/mol. The predicted molar refractivity (Wildman–Crippen MR) is 41.4 cm³/mol. The van der Waals surface area contributed by atoms with E-state index in [1.807, 2.05) is 0 Å². The van der Waals surface area contributed by atoms with Gasteiger partial charge in [0.2, 0.25) is 0 Å². The maximum absolute atomic E-state index is 2.37. The largest absolute Gasteiger partial charge is 0.0888 e. The Kier molecular flexibility index (Phi) is 1.94. The van der Waals surface area contributed by atoms with Gasteiger partial charge in [-0.2, -0.15) is 0 Å². The van der Waals surface area contributed by atoms with Crippen LogP contribution in [0.15, 0.2) is 12.2 Å². The Hall–Kier alpha value is -0.260. The van der Waals surface area contributed by atoms with E-state index in [1.165, 1.54) is 25.7 Å². The molecule has 0 atom stereocenters. The second-order valence-electron chi connectivity index (χ2n) is 3.39. The van der Waals surface area contributed by atoms with E-state index in [2.05, 4.69) is 26.0 Å². The van der Waals surface area contributed by atoms with Gasteiger partial charge in [0, 0.05) is 0 Å². The van der Waals surface area contributed by atoms with E-state index in [1.54, 1.807) is 0 Å². The van der Waals surface area contributed by atoms with Gasteiger partial charge < -0.3 is 0 Å². The third kappa shape index (κ3) is 2.21. The Morgan fingerprint density at radius 1 is 1.33 bits per heavy atom. The number of hydrogen-bond donors (Lipinski definition) is 0. The molecule has 0 saturated heterocycles. The van der Waals surface area contributed by atoms with Gasteiger partial charge in [0.05, 0.1) is 0 Å². The van der Waals surface area contributed by atoms with Gasteiger partial charge in [-0.25, -0.2) is 0 Å². The molecule has 0 nitrogen and oxygen atoms in total. The summed E-state index contributed by atoms with van der Waals surface area (Å²) in [5.74, 6) is 0. The van der Waals surface area contributed by atoms with Crippen LogP contribution in [-0.4, -0.2) is 0 Å². The highest BCUT2D eigenvalue weighted by Gasteiger charge is 2.35. The highest BCUT2D eigenvalue weighted by atomic mass is 14.4. The topological polar surface area (TPSA) is 0 Å². The van der Waals surface area contributed by atoms with Crippen LogP contribution in [0.2, 0.25) is 0 Å². The molecule has 9 heavy (non-hydrogen) atoms. The Labute approximate surface area is 58.0 Å². The fourth-order valence-corrected chi connectivity index (χ4v) is 0.952. The van der Waals surface area contributed by atoms with Crippen molar-refractivity contribution in [2.45, 2.75) is 39.5 Å². The molecule has 0 aromatic carbocycles. The van der Waals surface area contributed by atoms with Crippen LogP contribution in [0.5, 0.6) is 0 Å². The third-order valence-corrected chi connectivity index (χ3v) is 2.12. The molecule has 0 aromatic heterocycles. The molecule has 52 valence electrons. The van der Waals surface area contributed by atoms with E-state index in [9.17, 15) is 0 Å². The van der Waals surface area contributed by atoms with Crippen molar-refractivity contribution in [2.75, 3.05) is 0 Å². The first kappa shape index (κ1) is 6.85. The highest BCUT2D eigenvalue weighted by molar-refractivity contribution is 4.96. The van der Waals surface area contributed by atoms with Crippen molar-refractivity contribution in [3.8, 4) is 0 Å². The van der Waals surface area contributed by atoms with E-state index < -0.39 is 0 Å². The SMILES string of the molecule is CCC=CCC1(C)CC1. The molecule has 0 unspecified atom stereocenters. The van der Waals surface area contributed by atoms with Crippen LogP contribution in [0.3, 0.4) is 0 Å². The lowest BCUT2D eigenvalue weighted by atomic mass is 10.1. The zero-order valence-electron chi connectivity index (χ0n) is 6.48. The molecule has 0 heteroatoms. The summed E-state index contributed by atoms with van der Waals surface area (Å²) in [6.45, 7) is 4.55.